The van der Waals surface area contributed by atoms with Gasteiger partial charge in [-0.3, -0.25) is 0 Å². The Morgan fingerprint density at radius 1 is 0.842 bits per heavy atom. The molecule has 0 unspecified atom stereocenters. The molecule has 106 valence electrons. The fourth-order valence-corrected chi connectivity index (χ4v) is 11.0. The molecule has 0 atom stereocenters. The zero-order chi connectivity index (χ0) is 14.8. The molecule has 0 saturated heterocycles. The summed E-state index contributed by atoms with van der Waals surface area (Å²) in [5.74, 6) is 0. The lowest BCUT2D eigenvalue weighted by molar-refractivity contribution is 0.426. The van der Waals surface area contributed by atoms with E-state index in [1.165, 1.54) is 5.19 Å². The van der Waals surface area contributed by atoms with E-state index in [4.69, 9.17) is 0 Å². The molecule has 0 radical (unpaired) electrons. The van der Waals surface area contributed by atoms with Crippen molar-refractivity contribution < 1.29 is 10.0 Å². The maximum atomic E-state index is 9.69. The van der Waals surface area contributed by atoms with Crippen molar-refractivity contribution in [3.05, 3.63) is 24.3 Å². The van der Waals surface area contributed by atoms with Gasteiger partial charge in [-0.05, 0) is 22.1 Å². The Morgan fingerprint density at radius 3 is 1.63 bits per heavy atom. The maximum Gasteiger partial charge on any atom is 0.488 e. The lowest BCUT2D eigenvalue weighted by Gasteiger charge is -2.44. The van der Waals surface area contributed by atoms with Crippen LogP contribution in [0, 0.1) is 0 Å². The summed E-state index contributed by atoms with van der Waals surface area (Å²) < 4.78 is 0. The molecule has 1 aromatic rings. The van der Waals surface area contributed by atoms with Gasteiger partial charge in [0, 0.05) is 0 Å². The Bertz CT molecular complexity index is 395. The van der Waals surface area contributed by atoms with Crippen LogP contribution in [0.4, 0.5) is 0 Å². The molecule has 1 rings (SSSR count). The highest BCUT2D eigenvalue weighted by Gasteiger charge is 2.46. The zero-order valence-electron chi connectivity index (χ0n) is 13.0. The van der Waals surface area contributed by atoms with Crippen LogP contribution in [0.25, 0.3) is 0 Å². The van der Waals surface area contributed by atoms with Crippen LogP contribution in [0.1, 0.15) is 41.5 Å². The van der Waals surface area contributed by atoms with Gasteiger partial charge in [0.15, 0.2) is 0 Å². The topological polar surface area (TPSA) is 40.5 Å². The summed E-state index contributed by atoms with van der Waals surface area (Å²) >= 11 is 0. The summed E-state index contributed by atoms with van der Waals surface area (Å²) in [7, 11) is -3.21. The van der Waals surface area contributed by atoms with Gasteiger partial charge in [-0.1, -0.05) is 71.0 Å². The molecule has 2 N–H and O–H groups in total. The molecule has 0 spiro atoms. The molecule has 19 heavy (non-hydrogen) atoms. The van der Waals surface area contributed by atoms with Gasteiger partial charge in [0.2, 0.25) is 0 Å². The molecule has 1 aromatic carbocycles. The van der Waals surface area contributed by atoms with Crippen molar-refractivity contribution in [2.75, 3.05) is 0 Å². The maximum absolute atomic E-state index is 9.69. The minimum atomic E-state index is -1.83. The Labute approximate surface area is 119 Å². The third-order valence-corrected chi connectivity index (χ3v) is 11.7. The van der Waals surface area contributed by atoms with E-state index >= 15 is 0 Å². The van der Waals surface area contributed by atoms with E-state index in [0.717, 1.165) is 0 Å². The van der Waals surface area contributed by atoms with Crippen molar-refractivity contribution in [3.63, 3.8) is 0 Å². The highest BCUT2D eigenvalue weighted by atomic mass is 28.3. The monoisotopic (exact) mass is 278 g/mol. The smallest absolute Gasteiger partial charge is 0.423 e. The van der Waals surface area contributed by atoms with Gasteiger partial charge in [0.05, 0.1) is 8.07 Å². The van der Waals surface area contributed by atoms with Crippen molar-refractivity contribution in [2.24, 2.45) is 0 Å². The number of hydrogen-bond donors (Lipinski definition) is 2. The van der Waals surface area contributed by atoms with Gasteiger partial charge < -0.3 is 10.0 Å². The van der Waals surface area contributed by atoms with E-state index in [2.05, 4.69) is 47.6 Å². The number of benzene rings is 1. The first-order valence-electron chi connectivity index (χ1n) is 7.21. The third kappa shape index (κ3) is 2.81. The van der Waals surface area contributed by atoms with Crippen molar-refractivity contribution in [1.82, 2.24) is 0 Å². The first-order valence-corrected chi connectivity index (χ1v) is 9.44. The molecule has 0 heterocycles. The number of hydrogen-bond acceptors (Lipinski definition) is 2. The van der Waals surface area contributed by atoms with Crippen LogP contribution in [0.3, 0.4) is 0 Å². The second-order valence-electron chi connectivity index (χ2n) is 6.36. The summed E-state index contributed by atoms with van der Waals surface area (Å²) in [6, 6.07) is 7.88. The van der Waals surface area contributed by atoms with E-state index < -0.39 is 15.2 Å². The van der Waals surface area contributed by atoms with Crippen molar-refractivity contribution in [2.45, 2.75) is 58.2 Å². The van der Waals surface area contributed by atoms with E-state index in [0.29, 0.717) is 22.1 Å². The summed E-state index contributed by atoms with van der Waals surface area (Å²) in [5.41, 5.74) is 2.39. The van der Waals surface area contributed by atoms with Gasteiger partial charge in [0.1, 0.15) is 0 Å². The van der Waals surface area contributed by atoms with E-state index in [1.54, 1.807) is 0 Å². The zero-order valence-corrected chi connectivity index (χ0v) is 14.0. The average molecular weight is 278 g/mol. The molecular weight excluding hydrogens is 251 g/mol. The average Bonchev–Trinajstić information content (AvgIpc) is 2.28. The normalized spacial score (nSPS) is 12.6. The molecule has 4 heteroatoms. The fourth-order valence-electron chi connectivity index (χ4n) is 4.05. The van der Waals surface area contributed by atoms with Crippen LogP contribution in [0.15, 0.2) is 24.3 Å². The van der Waals surface area contributed by atoms with Gasteiger partial charge in [-0.15, -0.1) is 0 Å². The molecule has 0 aromatic heterocycles. The molecule has 0 bridgehead atoms. The second kappa shape index (κ2) is 6.25. The molecule has 0 aliphatic carbocycles. The van der Waals surface area contributed by atoms with Crippen molar-refractivity contribution in [3.8, 4) is 0 Å². The van der Waals surface area contributed by atoms with Crippen LogP contribution in [0.2, 0.25) is 16.6 Å². The van der Waals surface area contributed by atoms with Crippen LogP contribution < -0.4 is 10.6 Å². The summed E-state index contributed by atoms with van der Waals surface area (Å²) in [5, 5.41) is 20.6. The Hall–Kier alpha value is -0.578. The highest BCUT2D eigenvalue weighted by molar-refractivity contribution is 6.97. The Morgan fingerprint density at radius 2 is 1.26 bits per heavy atom. The van der Waals surface area contributed by atoms with Crippen LogP contribution in [0.5, 0.6) is 0 Å². The second-order valence-corrected chi connectivity index (χ2v) is 12.2. The minimum absolute atomic E-state index is 0.562. The van der Waals surface area contributed by atoms with Crippen molar-refractivity contribution >= 4 is 25.8 Å². The van der Waals surface area contributed by atoms with Crippen molar-refractivity contribution in [1.29, 1.82) is 0 Å². The van der Waals surface area contributed by atoms with Gasteiger partial charge >= 0.3 is 7.12 Å². The van der Waals surface area contributed by atoms with E-state index in [1.807, 2.05) is 18.2 Å². The third-order valence-electron chi connectivity index (χ3n) is 4.57. The van der Waals surface area contributed by atoms with Gasteiger partial charge in [-0.25, -0.2) is 0 Å². The molecule has 2 nitrogen and oxygen atoms in total. The number of rotatable bonds is 5. The largest absolute Gasteiger partial charge is 0.488 e. The standard InChI is InChI=1S/C15H27BO2Si/c1-11(2)19(12(3)4,13(5)6)15-10-8-7-9-14(15)16(17)18/h7-13,17-18H,1-6H3. The summed E-state index contributed by atoms with van der Waals surface area (Å²) in [6.45, 7) is 13.7. The predicted octanol–water partition coefficient (Wildman–Crippen LogP) is 2.25. The summed E-state index contributed by atoms with van der Waals surface area (Å²) in [4.78, 5) is 0. The fraction of sp³-hybridized carbons (Fsp3) is 0.600. The molecule has 0 aliphatic rings. The highest BCUT2D eigenvalue weighted by Crippen LogP contribution is 2.40. The SMILES string of the molecule is CC(C)[Si](c1ccccc1B(O)O)(C(C)C)C(C)C. The predicted molar refractivity (Wildman–Crippen MR) is 86.9 cm³/mol. The molecule has 0 fully saturated rings. The van der Waals surface area contributed by atoms with Crippen LogP contribution in [-0.4, -0.2) is 25.2 Å². The first-order chi connectivity index (χ1) is 8.76. The van der Waals surface area contributed by atoms with Crippen LogP contribution >= 0.6 is 0 Å². The Balaban J connectivity index is 3.58. The minimum Gasteiger partial charge on any atom is -0.423 e. The van der Waals surface area contributed by atoms with E-state index in [9.17, 15) is 10.0 Å². The van der Waals surface area contributed by atoms with Gasteiger partial charge in [0.25, 0.3) is 0 Å². The Kier molecular flexibility index (Phi) is 5.42. The molecule has 0 amide bonds. The van der Waals surface area contributed by atoms with E-state index in [-0.39, 0.29) is 0 Å². The molecule has 0 saturated carbocycles. The van der Waals surface area contributed by atoms with Crippen LogP contribution in [-0.2, 0) is 0 Å². The quantitative estimate of drug-likeness (QED) is 0.811. The lowest BCUT2D eigenvalue weighted by atomic mass is 9.80. The van der Waals surface area contributed by atoms with Gasteiger partial charge in [-0.2, -0.15) is 0 Å². The molecule has 0 aliphatic heterocycles. The lowest BCUT2D eigenvalue weighted by Crippen LogP contribution is -2.63. The summed E-state index contributed by atoms with van der Waals surface area (Å²) in [6.07, 6.45) is 0. The molecular formula is C15H27BO2Si. The first kappa shape index (κ1) is 16.5.